The van der Waals surface area contributed by atoms with Gasteiger partial charge in [0.05, 0.1) is 6.10 Å². The Morgan fingerprint density at radius 2 is 2.00 bits per heavy atom. The lowest BCUT2D eigenvalue weighted by Gasteiger charge is -2.18. The monoisotopic (exact) mass is 276 g/mol. The molecule has 0 radical (unpaired) electrons. The van der Waals surface area contributed by atoms with Crippen LogP contribution in [0.5, 0.6) is 0 Å². The number of halogens is 2. The van der Waals surface area contributed by atoms with Gasteiger partial charge in [-0.05, 0) is 26.2 Å². The van der Waals surface area contributed by atoms with Gasteiger partial charge in [0.1, 0.15) is 0 Å². The minimum atomic E-state index is -2.44. The van der Waals surface area contributed by atoms with E-state index < -0.39 is 11.9 Å². The first-order chi connectivity index (χ1) is 8.49. The lowest BCUT2D eigenvalue weighted by molar-refractivity contribution is 0.148. The van der Waals surface area contributed by atoms with E-state index in [-0.39, 0.29) is 0 Å². The lowest BCUT2D eigenvalue weighted by Crippen LogP contribution is -2.31. The number of hydrogen-bond donors (Lipinski definition) is 2. The summed E-state index contributed by atoms with van der Waals surface area (Å²) in [7, 11) is 3.73. The van der Waals surface area contributed by atoms with Crippen LogP contribution in [0.3, 0.4) is 0 Å². The number of hydrogen-bond acceptors (Lipinski definition) is 4. The van der Waals surface area contributed by atoms with Crippen molar-refractivity contribution in [2.45, 2.75) is 16.8 Å². The van der Waals surface area contributed by atoms with Crippen molar-refractivity contribution in [1.29, 1.82) is 0 Å². The summed E-state index contributed by atoms with van der Waals surface area (Å²) in [5.74, 6) is -2.44. The van der Waals surface area contributed by atoms with E-state index in [1.165, 1.54) is 0 Å². The zero-order valence-electron chi connectivity index (χ0n) is 10.4. The third kappa shape index (κ3) is 5.66. The molecule has 1 rings (SSSR count). The SMILES string of the molecule is CN(C)CC(O)CNc1ccccc1SC(F)F. The second-order valence-electron chi connectivity index (χ2n) is 4.17. The highest BCUT2D eigenvalue weighted by Gasteiger charge is 2.11. The van der Waals surface area contributed by atoms with Gasteiger partial charge in [-0.1, -0.05) is 23.9 Å². The number of para-hydroxylation sites is 1. The van der Waals surface area contributed by atoms with Gasteiger partial charge in [-0.3, -0.25) is 0 Å². The highest BCUT2D eigenvalue weighted by Crippen LogP contribution is 2.31. The molecule has 0 spiro atoms. The highest BCUT2D eigenvalue weighted by atomic mass is 32.2. The number of aliphatic hydroxyl groups is 1. The Labute approximate surface area is 110 Å². The molecule has 1 unspecified atom stereocenters. The Kier molecular flexibility index (Phi) is 6.38. The summed E-state index contributed by atoms with van der Waals surface area (Å²) in [5.41, 5.74) is 0.626. The van der Waals surface area contributed by atoms with Crippen LogP contribution in [0.1, 0.15) is 0 Å². The van der Waals surface area contributed by atoms with Gasteiger partial charge in [0.25, 0.3) is 5.76 Å². The number of anilines is 1. The highest BCUT2D eigenvalue weighted by molar-refractivity contribution is 7.99. The van der Waals surface area contributed by atoms with E-state index in [1.807, 2.05) is 19.0 Å². The minimum Gasteiger partial charge on any atom is -0.390 e. The van der Waals surface area contributed by atoms with Gasteiger partial charge >= 0.3 is 0 Å². The number of thioether (sulfide) groups is 1. The number of aliphatic hydroxyl groups excluding tert-OH is 1. The third-order valence-electron chi connectivity index (χ3n) is 2.21. The van der Waals surface area contributed by atoms with Crippen molar-refractivity contribution in [3.8, 4) is 0 Å². The summed E-state index contributed by atoms with van der Waals surface area (Å²) in [6.07, 6.45) is -0.537. The predicted molar refractivity (Wildman–Crippen MR) is 71.4 cm³/mol. The fourth-order valence-corrected chi connectivity index (χ4v) is 2.14. The molecule has 1 aromatic carbocycles. The second-order valence-corrected chi connectivity index (χ2v) is 5.20. The topological polar surface area (TPSA) is 35.5 Å². The molecular formula is C12H18F2N2OS. The van der Waals surface area contributed by atoms with Gasteiger partial charge in [-0.2, -0.15) is 8.78 Å². The molecule has 1 aromatic rings. The predicted octanol–water partition coefficient (Wildman–Crippen LogP) is 2.34. The van der Waals surface area contributed by atoms with Crippen LogP contribution in [0.15, 0.2) is 29.2 Å². The van der Waals surface area contributed by atoms with Gasteiger partial charge in [0, 0.05) is 23.7 Å². The molecule has 2 N–H and O–H groups in total. The normalized spacial score (nSPS) is 13.1. The number of nitrogens with zero attached hydrogens (tertiary/aromatic N) is 1. The van der Waals surface area contributed by atoms with Crippen LogP contribution < -0.4 is 5.32 Å². The molecule has 0 aliphatic heterocycles. The largest absolute Gasteiger partial charge is 0.390 e. The van der Waals surface area contributed by atoms with Crippen molar-refractivity contribution < 1.29 is 13.9 Å². The molecular weight excluding hydrogens is 258 g/mol. The molecule has 102 valence electrons. The molecule has 18 heavy (non-hydrogen) atoms. The van der Waals surface area contributed by atoms with Crippen molar-refractivity contribution in [2.24, 2.45) is 0 Å². The third-order valence-corrected chi connectivity index (χ3v) is 3.00. The maximum atomic E-state index is 12.4. The lowest BCUT2D eigenvalue weighted by atomic mass is 10.3. The van der Waals surface area contributed by atoms with Crippen molar-refractivity contribution >= 4 is 17.4 Å². The summed E-state index contributed by atoms with van der Waals surface area (Å²) in [4.78, 5) is 2.36. The molecule has 0 heterocycles. The van der Waals surface area contributed by atoms with Gasteiger partial charge < -0.3 is 15.3 Å². The van der Waals surface area contributed by atoms with Crippen molar-refractivity contribution in [3.05, 3.63) is 24.3 Å². The zero-order valence-corrected chi connectivity index (χ0v) is 11.3. The zero-order chi connectivity index (χ0) is 13.5. The number of likely N-dealkylation sites (N-methyl/N-ethyl adjacent to an activating group) is 1. The molecule has 0 saturated heterocycles. The molecule has 0 amide bonds. The van der Waals surface area contributed by atoms with Crippen LogP contribution >= 0.6 is 11.8 Å². The average Bonchev–Trinajstić information content (AvgIpc) is 2.26. The second kappa shape index (κ2) is 7.56. The fraction of sp³-hybridized carbons (Fsp3) is 0.500. The summed E-state index contributed by atoms with van der Waals surface area (Å²) in [6, 6.07) is 6.85. The summed E-state index contributed by atoms with van der Waals surface area (Å²) in [5, 5.41) is 12.7. The molecule has 0 aliphatic carbocycles. The van der Waals surface area contributed by atoms with Crippen molar-refractivity contribution in [2.75, 3.05) is 32.5 Å². The molecule has 1 atom stereocenters. The van der Waals surface area contributed by atoms with Gasteiger partial charge in [-0.25, -0.2) is 0 Å². The maximum absolute atomic E-state index is 12.4. The van der Waals surface area contributed by atoms with E-state index in [0.717, 1.165) is 0 Å². The number of rotatable bonds is 7. The molecule has 3 nitrogen and oxygen atoms in total. The summed E-state index contributed by atoms with van der Waals surface area (Å²) < 4.78 is 24.7. The van der Waals surface area contributed by atoms with Crippen LogP contribution in [-0.2, 0) is 0 Å². The Morgan fingerprint density at radius 1 is 1.33 bits per heavy atom. The molecule has 6 heteroatoms. The van der Waals surface area contributed by atoms with Gasteiger partial charge in [0.2, 0.25) is 0 Å². The minimum absolute atomic E-state index is 0.332. The number of nitrogens with one attached hydrogen (secondary N) is 1. The molecule has 0 fully saturated rings. The number of benzene rings is 1. The van der Waals surface area contributed by atoms with Crippen LogP contribution in [0.25, 0.3) is 0 Å². The Bertz CT molecular complexity index is 364. The van der Waals surface area contributed by atoms with Crippen LogP contribution in [0.2, 0.25) is 0 Å². The van der Waals surface area contributed by atoms with E-state index in [0.29, 0.717) is 35.4 Å². The Balaban J connectivity index is 2.55. The Hall–Kier alpha value is -0.850. The maximum Gasteiger partial charge on any atom is 0.288 e. The van der Waals surface area contributed by atoms with Crippen molar-refractivity contribution in [3.63, 3.8) is 0 Å². The molecule has 0 saturated carbocycles. The van der Waals surface area contributed by atoms with E-state index >= 15 is 0 Å². The van der Waals surface area contributed by atoms with E-state index in [4.69, 9.17) is 0 Å². The first-order valence-electron chi connectivity index (χ1n) is 5.59. The smallest absolute Gasteiger partial charge is 0.288 e. The van der Waals surface area contributed by atoms with E-state index in [1.54, 1.807) is 24.3 Å². The van der Waals surface area contributed by atoms with E-state index in [9.17, 15) is 13.9 Å². The first-order valence-corrected chi connectivity index (χ1v) is 6.47. The summed E-state index contributed by atoms with van der Waals surface area (Å²) >= 11 is 0.503. The van der Waals surface area contributed by atoms with Gasteiger partial charge in [0.15, 0.2) is 0 Å². The first kappa shape index (κ1) is 15.2. The number of alkyl halides is 2. The quantitative estimate of drug-likeness (QED) is 0.749. The van der Waals surface area contributed by atoms with Crippen LogP contribution in [0, 0.1) is 0 Å². The fourth-order valence-electron chi connectivity index (χ4n) is 1.53. The van der Waals surface area contributed by atoms with Crippen molar-refractivity contribution in [1.82, 2.24) is 4.90 Å². The molecule has 0 aromatic heterocycles. The van der Waals surface area contributed by atoms with Crippen LogP contribution in [0.4, 0.5) is 14.5 Å². The van der Waals surface area contributed by atoms with Crippen LogP contribution in [-0.4, -0.2) is 49.1 Å². The standard InChI is InChI=1S/C12H18F2N2OS/c1-16(2)8-9(17)7-15-10-5-3-4-6-11(10)18-12(13)14/h3-6,9,12,15,17H,7-8H2,1-2H3. The average molecular weight is 276 g/mol. The summed E-state index contributed by atoms with van der Waals surface area (Å²) in [6.45, 7) is 0.857. The van der Waals surface area contributed by atoms with Gasteiger partial charge in [-0.15, -0.1) is 0 Å². The molecule has 0 bridgehead atoms. The Morgan fingerprint density at radius 3 is 2.61 bits per heavy atom. The molecule has 0 aliphatic rings. The van der Waals surface area contributed by atoms with E-state index in [2.05, 4.69) is 5.32 Å².